The highest BCUT2D eigenvalue weighted by Gasteiger charge is 2.47. The van der Waals surface area contributed by atoms with Crippen LogP contribution in [0, 0.1) is 5.92 Å². The van der Waals surface area contributed by atoms with Crippen LogP contribution in [0.3, 0.4) is 0 Å². The van der Waals surface area contributed by atoms with Gasteiger partial charge in [-0.25, -0.2) is 0 Å². The predicted octanol–water partition coefficient (Wildman–Crippen LogP) is 1.55. The number of hydrogen-bond donors (Lipinski definition) is 2. The second-order valence-corrected chi connectivity index (χ2v) is 4.73. The van der Waals surface area contributed by atoms with Crippen LogP contribution in [-0.4, -0.2) is 27.8 Å². The quantitative estimate of drug-likeness (QED) is 0.830. The molecule has 18 heavy (non-hydrogen) atoms. The molecule has 0 radical (unpaired) electrons. The van der Waals surface area contributed by atoms with E-state index >= 15 is 0 Å². The van der Waals surface area contributed by atoms with Crippen molar-refractivity contribution in [1.29, 1.82) is 0 Å². The average molecular weight is 251 g/mol. The number of hydrogen-bond acceptors (Lipinski definition) is 4. The van der Waals surface area contributed by atoms with Gasteiger partial charge in [-0.3, -0.25) is 9.78 Å². The van der Waals surface area contributed by atoms with Gasteiger partial charge in [0.2, 0.25) is 0 Å². The largest absolute Gasteiger partial charge is 0.492 e. The van der Waals surface area contributed by atoms with E-state index in [0.29, 0.717) is 17.9 Å². The minimum atomic E-state index is -1.07. The van der Waals surface area contributed by atoms with E-state index in [2.05, 4.69) is 4.98 Å². The van der Waals surface area contributed by atoms with Gasteiger partial charge in [-0.05, 0) is 25.3 Å². The summed E-state index contributed by atoms with van der Waals surface area (Å²) in [5, 5.41) is 19.1. The third kappa shape index (κ3) is 2.46. The van der Waals surface area contributed by atoms with Crippen molar-refractivity contribution in [2.24, 2.45) is 5.92 Å². The molecule has 1 aromatic rings. The number of aliphatic carboxylic acids is 1. The highest BCUT2D eigenvalue weighted by molar-refractivity contribution is 5.71. The molecule has 2 N–H and O–H groups in total. The Bertz CT molecular complexity index is 440. The Balaban J connectivity index is 2.07. The lowest BCUT2D eigenvalue weighted by molar-refractivity contribution is -0.159. The molecule has 0 unspecified atom stereocenters. The van der Waals surface area contributed by atoms with Crippen LogP contribution in [0.4, 0.5) is 0 Å². The van der Waals surface area contributed by atoms with Crippen molar-refractivity contribution in [3.8, 4) is 5.75 Å². The summed E-state index contributed by atoms with van der Waals surface area (Å²) in [6.45, 7) is 2.61. The van der Waals surface area contributed by atoms with E-state index in [0.717, 1.165) is 6.42 Å². The number of carbonyl (C=O) groups is 1. The summed E-state index contributed by atoms with van der Waals surface area (Å²) in [5.74, 6) is -0.706. The van der Waals surface area contributed by atoms with Gasteiger partial charge in [0.25, 0.3) is 0 Å². The van der Waals surface area contributed by atoms with Crippen molar-refractivity contribution in [3.05, 3.63) is 24.0 Å². The number of rotatable bonds is 5. The zero-order chi connectivity index (χ0) is 13.2. The summed E-state index contributed by atoms with van der Waals surface area (Å²) in [6.07, 6.45) is 4.53. The molecule has 1 aliphatic carbocycles. The second kappa shape index (κ2) is 4.94. The van der Waals surface area contributed by atoms with Crippen LogP contribution < -0.4 is 4.74 Å². The molecule has 0 aliphatic heterocycles. The first-order valence-electron chi connectivity index (χ1n) is 6.08. The summed E-state index contributed by atoms with van der Waals surface area (Å²) in [7, 11) is 0. The fourth-order valence-electron chi connectivity index (χ4n) is 2.14. The maximum Gasteiger partial charge on any atom is 0.306 e. The van der Waals surface area contributed by atoms with E-state index in [9.17, 15) is 9.90 Å². The lowest BCUT2D eigenvalue weighted by Crippen LogP contribution is -2.44. The molecule has 1 aliphatic rings. The maximum absolute atomic E-state index is 10.8. The maximum atomic E-state index is 10.8. The van der Waals surface area contributed by atoms with Crippen molar-refractivity contribution in [2.45, 2.75) is 31.8 Å². The first kappa shape index (κ1) is 12.8. The topological polar surface area (TPSA) is 79.7 Å². The summed E-state index contributed by atoms with van der Waals surface area (Å²) >= 11 is 0. The van der Waals surface area contributed by atoms with Crippen LogP contribution >= 0.6 is 0 Å². The number of pyridine rings is 1. The van der Waals surface area contributed by atoms with E-state index in [-0.39, 0.29) is 12.8 Å². The van der Waals surface area contributed by atoms with Crippen LogP contribution in [0.5, 0.6) is 5.75 Å². The molecule has 0 spiro atoms. The number of aromatic nitrogens is 1. The van der Waals surface area contributed by atoms with Crippen molar-refractivity contribution in [3.63, 3.8) is 0 Å². The van der Waals surface area contributed by atoms with Gasteiger partial charge >= 0.3 is 5.97 Å². The Labute approximate surface area is 105 Å². The van der Waals surface area contributed by atoms with Crippen LogP contribution in [0.25, 0.3) is 0 Å². The normalized spacial score (nSPS) is 26.4. The van der Waals surface area contributed by atoms with Crippen molar-refractivity contribution in [1.82, 2.24) is 4.98 Å². The van der Waals surface area contributed by atoms with Gasteiger partial charge in [-0.15, -0.1) is 0 Å². The van der Waals surface area contributed by atoms with E-state index in [4.69, 9.17) is 9.84 Å². The highest BCUT2D eigenvalue weighted by Crippen LogP contribution is 2.46. The van der Waals surface area contributed by atoms with Gasteiger partial charge < -0.3 is 14.9 Å². The molecule has 2 rings (SSSR count). The molecule has 0 saturated heterocycles. The molecule has 5 heteroatoms. The lowest BCUT2D eigenvalue weighted by Gasteiger charge is -2.41. The molecule has 1 aromatic heterocycles. The Morgan fingerprint density at radius 3 is 2.89 bits per heavy atom. The van der Waals surface area contributed by atoms with Gasteiger partial charge in [0, 0.05) is 11.8 Å². The van der Waals surface area contributed by atoms with Crippen LogP contribution in [0.15, 0.2) is 18.5 Å². The summed E-state index contributed by atoms with van der Waals surface area (Å²) in [5.41, 5.74) is -0.435. The molecule has 98 valence electrons. The molecular weight excluding hydrogens is 234 g/mol. The van der Waals surface area contributed by atoms with Crippen molar-refractivity contribution < 1.29 is 19.7 Å². The lowest BCUT2D eigenvalue weighted by atomic mass is 9.68. The Morgan fingerprint density at radius 1 is 1.56 bits per heavy atom. The number of ether oxygens (including phenoxy) is 1. The number of carboxylic acid groups (broad SMARTS) is 1. The fraction of sp³-hybridized carbons (Fsp3) is 0.538. The summed E-state index contributed by atoms with van der Waals surface area (Å²) < 4.78 is 5.44. The minimum absolute atomic E-state index is 0.237. The predicted molar refractivity (Wildman–Crippen MR) is 64.3 cm³/mol. The Hall–Kier alpha value is -1.62. The minimum Gasteiger partial charge on any atom is -0.492 e. The van der Waals surface area contributed by atoms with Crippen LogP contribution in [-0.2, 0) is 10.4 Å². The fourth-order valence-corrected chi connectivity index (χ4v) is 2.14. The highest BCUT2D eigenvalue weighted by atomic mass is 16.5. The van der Waals surface area contributed by atoms with E-state index in [1.807, 2.05) is 6.92 Å². The first-order chi connectivity index (χ1) is 8.55. The molecular formula is C13H17NO4. The zero-order valence-corrected chi connectivity index (χ0v) is 10.3. The van der Waals surface area contributed by atoms with Gasteiger partial charge in [0.05, 0.1) is 24.3 Å². The van der Waals surface area contributed by atoms with E-state index in [1.165, 1.54) is 0 Å². The smallest absolute Gasteiger partial charge is 0.306 e. The summed E-state index contributed by atoms with van der Waals surface area (Å²) in [4.78, 5) is 14.8. The van der Waals surface area contributed by atoms with Crippen LogP contribution in [0.1, 0.15) is 31.7 Å². The van der Waals surface area contributed by atoms with E-state index < -0.39 is 17.5 Å². The first-order valence-corrected chi connectivity index (χ1v) is 6.08. The van der Waals surface area contributed by atoms with Gasteiger partial charge in [0.15, 0.2) is 0 Å². The molecule has 0 atom stereocenters. The molecule has 0 aromatic carbocycles. The van der Waals surface area contributed by atoms with Crippen molar-refractivity contribution in [2.75, 3.05) is 6.61 Å². The number of aliphatic hydroxyl groups is 1. The standard InChI is InChI=1S/C13H17NO4/c1-2-3-18-11-4-10(7-14-8-11)13(17)5-9(6-13)12(15)16/h4,7-9,17H,2-3,5-6H2,1H3,(H,15,16). The Morgan fingerprint density at radius 2 is 2.28 bits per heavy atom. The van der Waals surface area contributed by atoms with Crippen molar-refractivity contribution >= 4 is 5.97 Å². The van der Waals surface area contributed by atoms with Gasteiger partial charge in [-0.1, -0.05) is 6.92 Å². The molecule has 0 amide bonds. The molecule has 1 saturated carbocycles. The Kier molecular flexibility index (Phi) is 3.52. The van der Waals surface area contributed by atoms with E-state index in [1.54, 1.807) is 18.5 Å². The third-order valence-electron chi connectivity index (χ3n) is 3.24. The molecule has 0 bridgehead atoms. The number of nitrogens with zero attached hydrogens (tertiary/aromatic N) is 1. The second-order valence-electron chi connectivity index (χ2n) is 4.73. The number of carboxylic acids is 1. The molecule has 5 nitrogen and oxygen atoms in total. The third-order valence-corrected chi connectivity index (χ3v) is 3.24. The average Bonchev–Trinajstić information content (AvgIpc) is 2.32. The summed E-state index contributed by atoms with van der Waals surface area (Å²) in [6, 6.07) is 1.74. The van der Waals surface area contributed by atoms with Crippen LogP contribution in [0.2, 0.25) is 0 Å². The molecule has 1 heterocycles. The van der Waals surface area contributed by atoms with Gasteiger partial charge in [-0.2, -0.15) is 0 Å². The monoisotopic (exact) mass is 251 g/mol. The van der Waals surface area contributed by atoms with Gasteiger partial charge in [0.1, 0.15) is 5.75 Å². The SMILES string of the molecule is CCCOc1cncc(C2(O)CC(C(=O)O)C2)c1. The zero-order valence-electron chi connectivity index (χ0n) is 10.3. The molecule has 1 fully saturated rings.